The molecule has 0 atom stereocenters. The fourth-order valence-electron chi connectivity index (χ4n) is 4.66. The lowest BCUT2D eigenvalue weighted by atomic mass is 9.72. The van der Waals surface area contributed by atoms with Crippen molar-refractivity contribution >= 4 is 22.4 Å². The zero-order chi connectivity index (χ0) is 25.8. The van der Waals surface area contributed by atoms with Gasteiger partial charge in [0.2, 0.25) is 0 Å². The van der Waals surface area contributed by atoms with Crippen LogP contribution in [0.25, 0.3) is 22.4 Å². The average Bonchev–Trinajstić information content (AvgIpc) is 3.30. The third kappa shape index (κ3) is 6.82. The summed E-state index contributed by atoms with van der Waals surface area (Å²) in [6, 6.07) is 26.6. The Hall–Kier alpha value is -3.44. The van der Waals surface area contributed by atoms with Crippen molar-refractivity contribution in [2.75, 3.05) is 11.9 Å². The number of carbonyl (C=O) groups excluding carboxylic acids is 1. The van der Waals surface area contributed by atoms with Crippen molar-refractivity contribution in [1.82, 2.24) is 4.98 Å². The van der Waals surface area contributed by atoms with Gasteiger partial charge in [-0.2, -0.15) is 0 Å². The second-order valence-electron chi connectivity index (χ2n) is 11.0. The van der Waals surface area contributed by atoms with Crippen molar-refractivity contribution in [1.29, 1.82) is 0 Å². The molecular formula is C31H34N2O2S. The molecule has 0 bridgehead atoms. The molecule has 0 aliphatic rings. The SMILES string of the molecule is CC(C)(C)CC(C)(C)c1ccc(OCC(=O)Nc2nc(-c3ccc(-c4ccccc4)cc3)cs2)cc1. The van der Waals surface area contributed by atoms with E-state index in [0.29, 0.717) is 10.9 Å². The third-order valence-corrected chi connectivity index (χ3v) is 6.77. The zero-order valence-corrected chi connectivity index (χ0v) is 22.5. The second kappa shape index (κ2) is 10.7. The summed E-state index contributed by atoms with van der Waals surface area (Å²) in [6.07, 6.45) is 1.08. The quantitative estimate of drug-likeness (QED) is 0.266. The molecule has 3 aromatic carbocycles. The van der Waals surface area contributed by atoms with Crippen LogP contribution in [-0.4, -0.2) is 17.5 Å². The standard InChI is InChI=1S/C31H34N2O2S/c1-30(2,3)21-31(4,5)25-15-17-26(18-16-25)35-19-28(34)33-29-32-27(20-36-29)24-13-11-23(12-14-24)22-9-7-6-8-10-22/h6-18,20H,19,21H2,1-5H3,(H,32,33,34). The van der Waals surface area contributed by atoms with Crippen LogP contribution in [0.2, 0.25) is 0 Å². The normalized spacial score (nSPS) is 11.8. The van der Waals surface area contributed by atoms with Crippen LogP contribution in [0.5, 0.6) is 5.75 Å². The maximum atomic E-state index is 12.4. The van der Waals surface area contributed by atoms with Crippen LogP contribution in [0.4, 0.5) is 5.13 Å². The summed E-state index contributed by atoms with van der Waals surface area (Å²) in [7, 11) is 0. The molecule has 5 heteroatoms. The highest BCUT2D eigenvalue weighted by molar-refractivity contribution is 7.14. The van der Waals surface area contributed by atoms with E-state index in [-0.39, 0.29) is 23.3 Å². The molecular weight excluding hydrogens is 464 g/mol. The molecule has 0 saturated carbocycles. The van der Waals surface area contributed by atoms with Crippen molar-refractivity contribution in [2.45, 2.75) is 46.5 Å². The number of hydrogen-bond donors (Lipinski definition) is 1. The minimum Gasteiger partial charge on any atom is -0.484 e. The highest BCUT2D eigenvalue weighted by Gasteiger charge is 2.27. The third-order valence-electron chi connectivity index (χ3n) is 6.02. The molecule has 0 saturated heterocycles. The van der Waals surface area contributed by atoms with Crippen LogP contribution >= 0.6 is 11.3 Å². The number of aromatic nitrogens is 1. The first-order valence-electron chi connectivity index (χ1n) is 12.2. The van der Waals surface area contributed by atoms with E-state index in [2.05, 4.69) is 93.5 Å². The predicted molar refractivity (Wildman–Crippen MR) is 151 cm³/mol. The number of rotatable bonds is 8. The lowest BCUT2D eigenvalue weighted by molar-refractivity contribution is -0.118. The maximum Gasteiger partial charge on any atom is 0.264 e. The van der Waals surface area contributed by atoms with Gasteiger partial charge in [-0.05, 0) is 46.1 Å². The fourth-order valence-corrected chi connectivity index (χ4v) is 5.40. The van der Waals surface area contributed by atoms with E-state index >= 15 is 0 Å². The van der Waals surface area contributed by atoms with E-state index < -0.39 is 0 Å². The largest absolute Gasteiger partial charge is 0.484 e. The number of nitrogens with zero attached hydrogens (tertiary/aromatic N) is 1. The predicted octanol–water partition coefficient (Wildman–Crippen LogP) is 8.21. The second-order valence-corrected chi connectivity index (χ2v) is 11.8. The molecule has 0 fully saturated rings. The van der Waals surface area contributed by atoms with Gasteiger partial charge in [0.25, 0.3) is 5.91 Å². The number of nitrogens with one attached hydrogen (secondary N) is 1. The lowest BCUT2D eigenvalue weighted by Gasteiger charge is -2.33. The van der Waals surface area contributed by atoms with Gasteiger partial charge in [0.05, 0.1) is 5.69 Å². The number of amides is 1. The van der Waals surface area contributed by atoms with Crippen molar-refractivity contribution in [2.24, 2.45) is 5.41 Å². The number of thiazole rings is 1. The van der Waals surface area contributed by atoms with Gasteiger partial charge in [-0.25, -0.2) is 4.98 Å². The zero-order valence-electron chi connectivity index (χ0n) is 21.7. The number of hydrogen-bond acceptors (Lipinski definition) is 4. The van der Waals surface area contributed by atoms with Crippen molar-refractivity contribution in [3.63, 3.8) is 0 Å². The molecule has 1 amide bonds. The molecule has 4 rings (SSSR count). The number of carbonyl (C=O) groups is 1. The van der Waals surface area contributed by atoms with Crippen LogP contribution < -0.4 is 10.1 Å². The minimum absolute atomic E-state index is 0.0641. The first kappa shape index (κ1) is 25.6. The Bertz CT molecular complexity index is 1290. The Morgan fingerprint density at radius 1 is 0.833 bits per heavy atom. The van der Waals surface area contributed by atoms with Crippen LogP contribution in [0, 0.1) is 5.41 Å². The van der Waals surface area contributed by atoms with Gasteiger partial charge in [-0.1, -0.05) is 101 Å². The fraction of sp³-hybridized carbons (Fsp3) is 0.290. The molecule has 0 aliphatic carbocycles. The number of anilines is 1. The summed E-state index contributed by atoms with van der Waals surface area (Å²) >= 11 is 1.41. The molecule has 0 radical (unpaired) electrons. The molecule has 0 spiro atoms. The summed E-state index contributed by atoms with van der Waals surface area (Å²) in [5, 5.41) is 5.36. The molecule has 1 N–H and O–H groups in total. The first-order valence-corrected chi connectivity index (χ1v) is 13.1. The van der Waals surface area contributed by atoms with Gasteiger partial charge in [-0.3, -0.25) is 10.1 Å². The van der Waals surface area contributed by atoms with E-state index in [1.807, 2.05) is 35.7 Å². The highest BCUT2D eigenvalue weighted by Crippen LogP contribution is 2.36. The van der Waals surface area contributed by atoms with Crippen molar-refractivity contribution in [3.05, 3.63) is 89.8 Å². The van der Waals surface area contributed by atoms with Gasteiger partial charge in [0.1, 0.15) is 5.75 Å². The average molecular weight is 499 g/mol. The highest BCUT2D eigenvalue weighted by atomic mass is 32.1. The van der Waals surface area contributed by atoms with Crippen LogP contribution in [0.15, 0.2) is 84.2 Å². The van der Waals surface area contributed by atoms with Crippen molar-refractivity contribution < 1.29 is 9.53 Å². The summed E-state index contributed by atoms with van der Waals surface area (Å²) < 4.78 is 5.72. The van der Waals surface area contributed by atoms with Gasteiger partial charge in [-0.15, -0.1) is 11.3 Å². The Morgan fingerprint density at radius 2 is 1.44 bits per heavy atom. The van der Waals surface area contributed by atoms with E-state index in [1.165, 1.54) is 22.5 Å². The Labute approximate surface area is 218 Å². The first-order chi connectivity index (χ1) is 17.1. The van der Waals surface area contributed by atoms with E-state index in [9.17, 15) is 4.79 Å². The molecule has 186 valence electrons. The molecule has 4 nitrogen and oxygen atoms in total. The Balaban J connectivity index is 1.31. The molecule has 4 aromatic rings. The Morgan fingerprint density at radius 3 is 2.08 bits per heavy atom. The smallest absolute Gasteiger partial charge is 0.264 e. The van der Waals surface area contributed by atoms with Crippen molar-refractivity contribution in [3.8, 4) is 28.1 Å². The van der Waals surface area contributed by atoms with Crippen LogP contribution in [0.3, 0.4) is 0 Å². The summed E-state index contributed by atoms with van der Waals surface area (Å²) in [4.78, 5) is 17.0. The summed E-state index contributed by atoms with van der Waals surface area (Å²) in [6.45, 7) is 11.3. The monoisotopic (exact) mass is 498 g/mol. The van der Waals surface area contributed by atoms with E-state index in [1.54, 1.807) is 0 Å². The lowest BCUT2D eigenvalue weighted by Crippen LogP contribution is -2.24. The summed E-state index contributed by atoms with van der Waals surface area (Å²) in [5.74, 6) is 0.450. The molecule has 0 aliphatic heterocycles. The molecule has 0 unspecified atom stereocenters. The topological polar surface area (TPSA) is 51.2 Å². The van der Waals surface area contributed by atoms with Crippen LogP contribution in [-0.2, 0) is 10.2 Å². The van der Waals surface area contributed by atoms with Gasteiger partial charge in [0, 0.05) is 10.9 Å². The molecule has 1 aromatic heterocycles. The number of benzene rings is 3. The minimum atomic E-state index is -0.229. The van der Waals surface area contributed by atoms with Crippen LogP contribution in [0.1, 0.15) is 46.6 Å². The van der Waals surface area contributed by atoms with Gasteiger partial charge < -0.3 is 4.74 Å². The Kier molecular flexibility index (Phi) is 7.60. The van der Waals surface area contributed by atoms with E-state index in [0.717, 1.165) is 23.2 Å². The molecule has 36 heavy (non-hydrogen) atoms. The molecule has 1 heterocycles. The van der Waals surface area contributed by atoms with Gasteiger partial charge >= 0.3 is 0 Å². The summed E-state index contributed by atoms with van der Waals surface area (Å²) in [5.41, 5.74) is 5.77. The van der Waals surface area contributed by atoms with E-state index in [4.69, 9.17) is 4.74 Å². The van der Waals surface area contributed by atoms with Gasteiger partial charge in [0.15, 0.2) is 11.7 Å². The maximum absolute atomic E-state index is 12.4. The number of ether oxygens (including phenoxy) is 1.